The number of hydrogen-bond acceptors (Lipinski definition) is 3. The molecule has 1 unspecified atom stereocenters. The largest absolute Gasteiger partial charge is 0.337 e. The van der Waals surface area contributed by atoms with Crippen LogP contribution in [0.1, 0.15) is 84.5 Å². The van der Waals surface area contributed by atoms with Crippen molar-refractivity contribution >= 4 is 5.91 Å². The highest BCUT2D eigenvalue weighted by Crippen LogP contribution is 2.53. The second-order valence-corrected chi connectivity index (χ2v) is 8.84. The Kier molecular flexibility index (Phi) is 4.57. The molecule has 2 fully saturated rings. The summed E-state index contributed by atoms with van der Waals surface area (Å²) < 4.78 is 0. The molecule has 5 heteroatoms. The van der Waals surface area contributed by atoms with Crippen LogP contribution in [0.2, 0.25) is 0 Å². The summed E-state index contributed by atoms with van der Waals surface area (Å²) in [6.07, 6.45) is 4.83. The minimum Gasteiger partial charge on any atom is -0.337 e. The molecule has 2 heterocycles. The topological polar surface area (TPSA) is 61.9 Å². The van der Waals surface area contributed by atoms with Gasteiger partial charge >= 0.3 is 0 Å². The number of hydrogen-bond donors (Lipinski definition) is 1. The number of aromatic amines is 1. The number of carbonyl (C=O) groups is 1. The van der Waals surface area contributed by atoms with Gasteiger partial charge in [-0.15, -0.1) is 0 Å². The third-order valence-corrected chi connectivity index (χ3v) is 6.65. The summed E-state index contributed by atoms with van der Waals surface area (Å²) in [6.45, 7) is 9.95. The maximum Gasteiger partial charge on any atom is 0.253 e. The fourth-order valence-corrected chi connectivity index (χ4v) is 4.84. The molecular formula is C22H30N4O. The van der Waals surface area contributed by atoms with Crippen LogP contribution in [0.25, 0.3) is 0 Å². The molecule has 2 aromatic rings. The van der Waals surface area contributed by atoms with Gasteiger partial charge < -0.3 is 4.90 Å². The van der Waals surface area contributed by atoms with Gasteiger partial charge in [0.05, 0.1) is 0 Å². The van der Waals surface area contributed by atoms with Gasteiger partial charge in [-0.05, 0) is 55.4 Å². The molecule has 1 atom stereocenters. The van der Waals surface area contributed by atoms with Gasteiger partial charge in [0.15, 0.2) is 5.82 Å². The molecule has 1 saturated carbocycles. The molecule has 1 spiro atoms. The number of aryl methyl sites for hydroxylation is 2. The number of nitrogens with zero attached hydrogens (tertiary/aromatic N) is 3. The van der Waals surface area contributed by atoms with Crippen molar-refractivity contribution < 1.29 is 4.79 Å². The van der Waals surface area contributed by atoms with E-state index in [4.69, 9.17) is 4.98 Å². The van der Waals surface area contributed by atoms with Crippen LogP contribution in [0, 0.1) is 19.3 Å². The normalized spacial score (nSPS) is 21.5. The number of carbonyl (C=O) groups excluding carboxylic acids is 1. The third kappa shape index (κ3) is 3.17. The van der Waals surface area contributed by atoms with Gasteiger partial charge in [-0.2, -0.15) is 5.10 Å². The summed E-state index contributed by atoms with van der Waals surface area (Å²) >= 11 is 0. The van der Waals surface area contributed by atoms with Crippen molar-refractivity contribution in [2.45, 2.75) is 65.2 Å². The second-order valence-electron chi connectivity index (χ2n) is 8.84. The molecule has 5 nitrogen and oxygen atoms in total. The average Bonchev–Trinajstić information content (AvgIpc) is 3.37. The third-order valence-electron chi connectivity index (χ3n) is 6.65. The maximum atomic E-state index is 13.2. The zero-order valence-corrected chi connectivity index (χ0v) is 16.9. The van der Waals surface area contributed by atoms with Crippen molar-refractivity contribution in [3.05, 3.63) is 46.5 Å². The highest BCUT2D eigenvalue weighted by Gasteiger charge is 2.51. The molecule has 1 N–H and O–H groups in total. The number of benzene rings is 1. The monoisotopic (exact) mass is 366 g/mol. The van der Waals surface area contributed by atoms with Crippen molar-refractivity contribution in [2.24, 2.45) is 5.41 Å². The number of amides is 1. The van der Waals surface area contributed by atoms with Crippen LogP contribution in [-0.2, 0) is 0 Å². The molecule has 1 amide bonds. The Morgan fingerprint density at radius 2 is 1.96 bits per heavy atom. The summed E-state index contributed by atoms with van der Waals surface area (Å²) in [6, 6.07) is 6.04. The van der Waals surface area contributed by atoms with Crippen molar-refractivity contribution in [1.82, 2.24) is 20.1 Å². The van der Waals surface area contributed by atoms with Gasteiger partial charge in [0.2, 0.25) is 0 Å². The fraction of sp³-hybridized carbons (Fsp3) is 0.591. The summed E-state index contributed by atoms with van der Waals surface area (Å²) in [7, 11) is 0. The Morgan fingerprint density at radius 1 is 1.22 bits per heavy atom. The molecule has 4 rings (SSSR count). The first-order valence-corrected chi connectivity index (χ1v) is 10.2. The first-order chi connectivity index (χ1) is 12.9. The summed E-state index contributed by atoms with van der Waals surface area (Å²) in [4.78, 5) is 20.1. The van der Waals surface area contributed by atoms with Crippen LogP contribution < -0.4 is 0 Å². The lowest BCUT2D eigenvalue weighted by atomic mass is 9.76. The van der Waals surface area contributed by atoms with Crippen LogP contribution in [0.15, 0.2) is 18.2 Å². The first-order valence-electron chi connectivity index (χ1n) is 10.2. The maximum absolute atomic E-state index is 13.2. The van der Waals surface area contributed by atoms with E-state index in [0.717, 1.165) is 30.3 Å². The Labute approximate surface area is 161 Å². The molecule has 144 valence electrons. The van der Waals surface area contributed by atoms with Crippen LogP contribution in [-0.4, -0.2) is 39.1 Å². The Bertz CT molecular complexity index is 848. The second kappa shape index (κ2) is 6.77. The van der Waals surface area contributed by atoms with Crippen molar-refractivity contribution in [2.75, 3.05) is 13.1 Å². The number of H-pyrrole nitrogens is 1. The zero-order valence-electron chi connectivity index (χ0n) is 16.9. The quantitative estimate of drug-likeness (QED) is 0.879. The van der Waals surface area contributed by atoms with E-state index in [1.807, 2.05) is 18.2 Å². The van der Waals surface area contributed by atoms with Crippen LogP contribution >= 0.6 is 0 Å². The van der Waals surface area contributed by atoms with E-state index in [1.165, 1.54) is 36.8 Å². The summed E-state index contributed by atoms with van der Waals surface area (Å²) in [5.41, 5.74) is 3.35. The van der Waals surface area contributed by atoms with Crippen LogP contribution in [0.5, 0.6) is 0 Å². The molecule has 1 saturated heterocycles. The first kappa shape index (κ1) is 18.2. The minimum absolute atomic E-state index is 0.149. The lowest BCUT2D eigenvalue weighted by Crippen LogP contribution is -2.31. The molecular weight excluding hydrogens is 336 g/mol. The molecule has 0 radical (unpaired) electrons. The zero-order chi connectivity index (χ0) is 19.2. The lowest BCUT2D eigenvalue weighted by Gasteiger charge is -2.28. The molecule has 2 aliphatic rings. The van der Waals surface area contributed by atoms with E-state index in [-0.39, 0.29) is 17.2 Å². The fourth-order valence-electron chi connectivity index (χ4n) is 4.84. The SMILES string of the molecule is Cc1ccc(C(=O)N2CC(c3nc(C(C)C)n[nH]3)C3(CCCC3)C2)cc1C. The molecule has 1 aromatic carbocycles. The van der Waals surface area contributed by atoms with Gasteiger partial charge in [-0.3, -0.25) is 9.89 Å². The minimum atomic E-state index is 0.149. The smallest absolute Gasteiger partial charge is 0.253 e. The number of nitrogens with one attached hydrogen (secondary N) is 1. The van der Waals surface area contributed by atoms with Gasteiger partial charge in [0.1, 0.15) is 5.82 Å². The van der Waals surface area contributed by atoms with E-state index in [9.17, 15) is 4.79 Å². The van der Waals surface area contributed by atoms with E-state index >= 15 is 0 Å². The van der Waals surface area contributed by atoms with E-state index < -0.39 is 0 Å². The average molecular weight is 367 g/mol. The van der Waals surface area contributed by atoms with Gasteiger partial charge in [-0.25, -0.2) is 4.98 Å². The molecule has 27 heavy (non-hydrogen) atoms. The molecule has 1 aliphatic heterocycles. The van der Waals surface area contributed by atoms with E-state index in [2.05, 4.69) is 42.8 Å². The Morgan fingerprint density at radius 3 is 2.59 bits per heavy atom. The molecule has 0 bridgehead atoms. The number of rotatable bonds is 3. The predicted molar refractivity (Wildman–Crippen MR) is 106 cm³/mol. The summed E-state index contributed by atoms with van der Waals surface area (Å²) in [5.74, 6) is 2.56. The van der Waals surface area contributed by atoms with E-state index in [0.29, 0.717) is 5.92 Å². The van der Waals surface area contributed by atoms with Crippen LogP contribution in [0.4, 0.5) is 0 Å². The molecule has 1 aliphatic carbocycles. The molecule has 1 aromatic heterocycles. The van der Waals surface area contributed by atoms with Crippen molar-refractivity contribution in [1.29, 1.82) is 0 Å². The predicted octanol–water partition coefficient (Wildman–Crippen LogP) is 4.34. The highest BCUT2D eigenvalue weighted by molar-refractivity contribution is 5.94. The van der Waals surface area contributed by atoms with Gasteiger partial charge in [-0.1, -0.05) is 32.8 Å². The lowest BCUT2D eigenvalue weighted by molar-refractivity contribution is 0.0773. The number of aromatic nitrogens is 3. The number of likely N-dealkylation sites (tertiary alicyclic amines) is 1. The van der Waals surface area contributed by atoms with Gasteiger partial charge in [0.25, 0.3) is 5.91 Å². The standard InChI is InChI=1S/C22H30N4O/c1-14(2)19-23-20(25-24-19)18-12-26(13-22(18)9-5-6-10-22)21(27)17-8-7-15(3)16(4)11-17/h7-8,11,14,18H,5-6,9-10,12-13H2,1-4H3,(H,23,24,25). The van der Waals surface area contributed by atoms with Crippen LogP contribution in [0.3, 0.4) is 0 Å². The highest BCUT2D eigenvalue weighted by atomic mass is 16.2. The summed E-state index contributed by atoms with van der Waals surface area (Å²) in [5, 5.41) is 7.62. The Hall–Kier alpha value is -2.17. The van der Waals surface area contributed by atoms with Crippen molar-refractivity contribution in [3.63, 3.8) is 0 Å². The van der Waals surface area contributed by atoms with Gasteiger partial charge in [0, 0.05) is 30.5 Å². The van der Waals surface area contributed by atoms with E-state index in [1.54, 1.807) is 0 Å². The van der Waals surface area contributed by atoms with Crippen molar-refractivity contribution in [3.8, 4) is 0 Å². The Balaban J connectivity index is 1.62.